The molecule has 160 valence electrons. The molecule has 4 rings (SSSR count). The summed E-state index contributed by atoms with van der Waals surface area (Å²) < 4.78 is 20.1. The van der Waals surface area contributed by atoms with E-state index in [1.165, 1.54) is 19.3 Å². The minimum Gasteiger partial charge on any atom is -0.496 e. The van der Waals surface area contributed by atoms with Crippen molar-refractivity contribution in [3.05, 3.63) is 59.5 Å². The van der Waals surface area contributed by atoms with Gasteiger partial charge in [0.05, 0.1) is 12.7 Å². The molecule has 0 unspecified atom stereocenters. The van der Waals surface area contributed by atoms with Crippen molar-refractivity contribution in [2.45, 2.75) is 6.92 Å². The highest BCUT2D eigenvalue weighted by atomic mass is 35.5. The van der Waals surface area contributed by atoms with Gasteiger partial charge in [-0.05, 0) is 48.4 Å². The first-order valence-corrected chi connectivity index (χ1v) is 10.3. The monoisotopic (exact) mass is 440 g/mol. The van der Waals surface area contributed by atoms with Gasteiger partial charge in [0.25, 0.3) is 0 Å². The third-order valence-electron chi connectivity index (χ3n) is 5.59. The zero-order valence-electron chi connectivity index (χ0n) is 17.4. The lowest BCUT2D eigenvalue weighted by atomic mass is 9.96. The molecule has 0 aliphatic carbocycles. The van der Waals surface area contributed by atoms with E-state index in [0.717, 1.165) is 10.9 Å². The number of aryl methyl sites for hydroxylation is 1. The van der Waals surface area contributed by atoms with Gasteiger partial charge < -0.3 is 14.5 Å². The summed E-state index contributed by atoms with van der Waals surface area (Å²) in [5.74, 6) is 0.693. The number of amides is 1. The number of rotatable bonds is 4. The van der Waals surface area contributed by atoms with Gasteiger partial charge in [0.15, 0.2) is 11.0 Å². The van der Waals surface area contributed by atoms with Gasteiger partial charge in [0.2, 0.25) is 5.91 Å². The maximum Gasteiger partial charge on any atom is 0.246 e. The molecule has 3 aromatic rings. The number of fused-ring (bicyclic) bond motifs is 1. The molecular formula is C23H22ClFN4O2. The van der Waals surface area contributed by atoms with Crippen LogP contribution < -0.4 is 9.64 Å². The van der Waals surface area contributed by atoms with Crippen LogP contribution in [0.3, 0.4) is 0 Å². The molecule has 1 aromatic heterocycles. The van der Waals surface area contributed by atoms with Crippen molar-refractivity contribution in [3.8, 4) is 16.9 Å². The average molecular weight is 441 g/mol. The van der Waals surface area contributed by atoms with Crippen LogP contribution in [-0.2, 0) is 4.79 Å². The number of anilines is 1. The highest BCUT2D eigenvalue weighted by molar-refractivity contribution is 6.34. The van der Waals surface area contributed by atoms with E-state index in [9.17, 15) is 9.18 Å². The smallest absolute Gasteiger partial charge is 0.246 e. The molecule has 0 atom stereocenters. The number of nitrogens with zero attached hydrogens (tertiary/aromatic N) is 4. The Morgan fingerprint density at radius 3 is 2.61 bits per heavy atom. The molecule has 0 N–H and O–H groups in total. The van der Waals surface area contributed by atoms with Crippen molar-refractivity contribution in [3.63, 3.8) is 0 Å². The third kappa shape index (κ3) is 3.81. The minimum atomic E-state index is -0.372. The molecule has 6 nitrogen and oxygen atoms in total. The maximum absolute atomic E-state index is 14.7. The molecule has 31 heavy (non-hydrogen) atoms. The van der Waals surface area contributed by atoms with Crippen molar-refractivity contribution in [2.24, 2.45) is 0 Å². The van der Waals surface area contributed by atoms with Crippen LogP contribution in [0.15, 0.2) is 43.0 Å². The fourth-order valence-corrected chi connectivity index (χ4v) is 4.16. The van der Waals surface area contributed by atoms with E-state index >= 15 is 0 Å². The Morgan fingerprint density at radius 2 is 1.94 bits per heavy atom. The maximum atomic E-state index is 14.7. The molecule has 0 saturated carbocycles. The molecule has 0 radical (unpaired) electrons. The summed E-state index contributed by atoms with van der Waals surface area (Å²) >= 11 is 6.40. The first kappa shape index (κ1) is 21.1. The molecule has 1 saturated heterocycles. The molecule has 1 aliphatic rings. The number of piperazine rings is 1. The van der Waals surface area contributed by atoms with E-state index in [1.807, 2.05) is 19.1 Å². The number of aromatic nitrogens is 2. The number of methoxy groups -OCH3 is 1. The quantitative estimate of drug-likeness (QED) is 0.568. The van der Waals surface area contributed by atoms with Crippen LogP contribution >= 0.6 is 11.6 Å². The van der Waals surface area contributed by atoms with Crippen LogP contribution in [0.5, 0.6) is 5.75 Å². The highest BCUT2D eigenvalue weighted by Gasteiger charge is 2.24. The predicted octanol–water partition coefficient (Wildman–Crippen LogP) is 4.24. The topological polar surface area (TPSA) is 58.6 Å². The average Bonchev–Trinajstić information content (AvgIpc) is 2.79. The van der Waals surface area contributed by atoms with Gasteiger partial charge in [-0.25, -0.2) is 4.39 Å². The van der Waals surface area contributed by atoms with Crippen LogP contribution in [0.25, 0.3) is 21.9 Å². The summed E-state index contributed by atoms with van der Waals surface area (Å²) in [5, 5.41) is 10.2. The summed E-state index contributed by atoms with van der Waals surface area (Å²) in [6.45, 7) is 7.84. The number of benzene rings is 2. The second kappa shape index (κ2) is 8.51. The number of carbonyl (C=O) groups is 1. The van der Waals surface area contributed by atoms with Crippen molar-refractivity contribution >= 4 is 34.1 Å². The summed E-state index contributed by atoms with van der Waals surface area (Å²) in [7, 11) is 1.52. The van der Waals surface area contributed by atoms with Gasteiger partial charge >= 0.3 is 0 Å². The minimum absolute atomic E-state index is 0.0778. The largest absolute Gasteiger partial charge is 0.496 e. The van der Waals surface area contributed by atoms with E-state index in [2.05, 4.69) is 21.7 Å². The molecular weight excluding hydrogens is 419 g/mol. The van der Waals surface area contributed by atoms with Crippen molar-refractivity contribution in [1.82, 2.24) is 15.1 Å². The Morgan fingerprint density at radius 1 is 1.19 bits per heavy atom. The molecule has 0 spiro atoms. The Labute approximate surface area is 184 Å². The van der Waals surface area contributed by atoms with E-state index in [4.69, 9.17) is 16.3 Å². The Bertz CT molecular complexity index is 1180. The van der Waals surface area contributed by atoms with Crippen molar-refractivity contribution in [1.29, 1.82) is 0 Å². The summed E-state index contributed by atoms with van der Waals surface area (Å²) in [5.41, 5.74) is 1.93. The summed E-state index contributed by atoms with van der Waals surface area (Å²) in [6.07, 6.45) is 1.33. The molecule has 0 bridgehead atoms. The second-order valence-electron chi connectivity index (χ2n) is 7.36. The van der Waals surface area contributed by atoms with Crippen LogP contribution in [0.1, 0.15) is 5.56 Å². The molecule has 1 aliphatic heterocycles. The SMILES string of the molecule is C=CC(=O)N1CCN(c2nnc(Cl)c3cc(-c4c(F)cccc4OC)c(C)cc23)CC1. The standard InChI is InChI=1S/C23H22ClFN4O2/c1-4-20(30)28-8-10-29(11-9-28)23-17-12-14(2)15(13-16(17)22(24)26-27-23)21-18(25)6-5-7-19(21)31-3/h4-7,12-13H,1,8-11H2,2-3H3. The fraction of sp³-hybridized carbons (Fsp3) is 0.261. The van der Waals surface area contributed by atoms with E-state index in [0.29, 0.717) is 54.3 Å². The second-order valence-corrected chi connectivity index (χ2v) is 7.72. The van der Waals surface area contributed by atoms with Crippen molar-refractivity contribution in [2.75, 3.05) is 38.2 Å². The number of halogens is 2. The van der Waals surface area contributed by atoms with Gasteiger partial charge in [0, 0.05) is 37.0 Å². The molecule has 2 aromatic carbocycles. The highest BCUT2D eigenvalue weighted by Crippen LogP contribution is 2.39. The van der Waals surface area contributed by atoms with Crippen LogP contribution in [0, 0.1) is 12.7 Å². The molecule has 1 fully saturated rings. The Balaban J connectivity index is 1.79. The normalized spacial score (nSPS) is 14.1. The van der Waals surface area contributed by atoms with Crippen molar-refractivity contribution < 1.29 is 13.9 Å². The lowest BCUT2D eigenvalue weighted by molar-refractivity contribution is -0.126. The Hall–Kier alpha value is -3.19. The van der Waals surface area contributed by atoms with E-state index in [-0.39, 0.29) is 16.9 Å². The first-order chi connectivity index (χ1) is 14.9. The summed E-state index contributed by atoms with van der Waals surface area (Å²) in [6, 6.07) is 8.53. The fourth-order valence-electron chi connectivity index (χ4n) is 3.97. The van der Waals surface area contributed by atoms with Gasteiger partial charge in [-0.2, -0.15) is 0 Å². The number of hydrogen-bond donors (Lipinski definition) is 0. The Kier molecular flexibility index (Phi) is 5.78. The summed E-state index contributed by atoms with van der Waals surface area (Å²) in [4.78, 5) is 15.7. The van der Waals surface area contributed by atoms with Gasteiger partial charge in [0.1, 0.15) is 11.6 Å². The van der Waals surface area contributed by atoms with Gasteiger partial charge in [-0.1, -0.05) is 24.2 Å². The third-order valence-corrected chi connectivity index (χ3v) is 5.87. The number of carbonyl (C=O) groups excluding carboxylic acids is 1. The van der Waals surface area contributed by atoms with Gasteiger partial charge in [-0.3, -0.25) is 4.79 Å². The van der Waals surface area contributed by atoms with E-state index < -0.39 is 0 Å². The first-order valence-electron chi connectivity index (χ1n) is 9.90. The molecule has 1 amide bonds. The number of ether oxygens (including phenoxy) is 1. The van der Waals surface area contributed by atoms with E-state index in [1.54, 1.807) is 17.0 Å². The zero-order chi connectivity index (χ0) is 22.1. The molecule has 2 heterocycles. The van der Waals surface area contributed by atoms with Crippen LogP contribution in [-0.4, -0.2) is 54.3 Å². The lowest BCUT2D eigenvalue weighted by Crippen LogP contribution is -2.48. The molecule has 8 heteroatoms. The predicted molar refractivity (Wildman–Crippen MR) is 120 cm³/mol. The van der Waals surface area contributed by atoms with Crippen LogP contribution in [0.4, 0.5) is 10.2 Å². The van der Waals surface area contributed by atoms with Crippen LogP contribution in [0.2, 0.25) is 5.15 Å². The van der Waals surface area contributed by atoms with Gasteiger partial charge in [-0.15, -0.1) is 10.2 Å². The lowest BCUT2D eigenvalue weighted by Gasteiger charge is -2.35. The number of hydrogen-bond acceptors (Lipinski definition) is 5. The zero-order valence-corrected chi connectivity index (χ0v) is 18.1.